The highest BCUT2D eigenvalue weighted by Gasteiger charge is 2.26. The van der Waals surface area contributed by atoms with Crippen molar-refractivity contribution in [2.75, 3.05) is 6.54 Å². The molecule has 0 aromatic rings. The van der Waals surface area contributed by atoms with E-state index in [0.29, 0.717) is 0 Å². The molecule has 78 valence electrons. The summed E-state index contributed by atoms with van der Waals surface area (Å²) in [4.78, 5) is 0. The lowest BCUT2D eigenvalue weighted by Gasteiger charge is -2.30. The van der Waals surface area contributed by atoms with Crippen LogP contribution >= 0.6 is 0 Å². The average molecular weight is 183 g/mol. The van der Waals surface area contributed by atoms with Crippen molar-refractivity contribution in [3.05, 3.63) is 0 Å². The van der Waals surface area contributed by atoms with Crippen molar-refractivity contribution in [3.63, 3.8) is 0 Å². The molecular weight excluding hydrogens is 158 g/mol. The van der Waals surface area contributed by atoms with Crippen molar-refractivity contribution < 1.29 is 0 Å². The van der Waals surface area contributed by atoms with Crippen LogP contribution in [0.5, 0.6) is 0 Å². The van der Waals surface area contributed by atoms with Crippen LogP contribution in [0.2, 0.25) is 0 Å². The smallest absolute Gasteiger partial charge is 0.00696 e. The molecule has 0 amide bonds. The zero-order valence-electron chi connectivity index (χ0n) is 9.64. The second kappa shape index (κ2) is 4.99. The van der Waals surface area contributed by atoms with E-state index < -0.39 is 0 Å². The molecule has 1 heteroatoms. The lowest BCUT2D eigenvalue weighted by molar-refractivity contribution is 0.220. The fourth-order valence-electron chi connectivity index (χ4n) is 2.45. The zero-order chi connectivity index (χ0) is 9.84. The van der Waals surface area contributed by atoms with Gasteiger partial charge >= 0.3 is 0 Å². The molecule has 1 aliphatic rings. The molecule has 0 aromatic heterocycles. The van der Waals surface area contributed by atoms with Crippen LogP contribution in [0.1, 0.15) is 47.0 Å². The van der Waals surface area contributed by atoms with Crippen LogP contribution in [0.3, 0.4) is 0 Å². The summed E-state index contributed by atoms with van der Waals surface area (Å²) in [7, 11) is 0. The first-order chi connectivity index (χ1) is 6.13. The van der Waals surface area contributed by atoms with Gasteiger partial charge in [-0.1, -0.05) is 27.2 Å². The van der Waals surface area contributed by atoms with E-state index in [1.807, 2.05) is 0 Å². The number of nitrogens with one attached hydrogen (secondary N) is 1. The monoisotopic (exact) mass is 183 g/mol. The summed E-state index contributed by atoms with van der Waals surface area (Å²) in [5.41, 5.74) is 0. The van der Waals surface area contributed by atoms with E-state index in [2.05, 4.69) is 33.0 Å². The highest BCUT2D eigenvalue weighted by atomic mass is 14.9. The van der Waals surface area contributed by atoms with Gasteiger partial charge in [-0.3, -0.25) is 0 Å². The van der Waals surface area contributed by atoms with Crippen LogP contribution in [0.25, 0.3) is 0 Å². The fraction of sp³-hybridized carbons (Fsp3) is 1.00. The summed E-state index contributed by atoms with van der Waals surface area (Å²) >= 11 is 0. The Labute approximate surface area is 83.3 Å². The predicted octanol–water partition coefficient (Wildman–Crippen LogP) is 3.06. The molecule has 0 saturated carbocycles. The fourth-order valence-corrected chi connectivity index (χ4v) is 2.45. The Morgan fingerprint density at radius 1 is 1.15 bits per heavy atom. The molecule has 0 radical (unpaired) electrons. The summed E-state index contributed by atoms with van der Waals surface area (Å²) in [6, 6.07) is 0.722. The van der Waals surface area contributed by atoms with Gasteiger partial charge in [0.25, 0.3) is 0 Å². The standard InChI is InChI=1S/C12H25N/c1-9(2)10(3)12-7-5-6-8-13-11(12)4/h9-13H,5-8H2,1-4H3/t10?,11-,12-/m1/s1. The van der Waals surface area contributed by atoms with E-state index in [1.165, 1.54) is 25.8 Å². The molecule has 0 spiro atoms. The summed E-state index contributed by atoms with van der Waals surface area (Å²) in [6.45, 7) is 10.7. The Morgan fingerprint density at radius 2 is 1.85 bits per heavy atom. The van der Waals surface area contributed by atoms with Crippen molar-refractivity contribution in [1.82, 2.24) is 5.32 Å². The van der Waals surface area contributed by atoms with Crippen LogP contribution in [0.4, 0.5) is 0 Å². The number of hydrogen-bond donors (Lipinski definition) is 1. The van der Waals surface area contributed by atoms with E-state index in [4.69, 9.17) is 0 Å². The van der Waals surface area contributed by atoms with Gasteiger partial charge in [0.15, 0.2) is 0 Å². The second-order valence-corrected chi connectivity index (χ2v) is 5.01. The molecule has 1 nitrogen and oxygen atoms in total. The quantitative estimate of drug-likeness (QED) is 0.694. The van der Waals surface area contributed by atoms with E-state index >= 15 is 0 Å². The Bertz CT molecular complexity index is 142. The minimum Gasteiger partial charge on any atom is -0.314 e. The number of hydrogen-bond acceptors (Lipinski definition) is 1. The summed E-state index contributed by atoms with van der Waals surface area (Å²) in [6.07, 6.45) is 4.21. The van der Waals surface area contributed by atoms with E-state index in [-0.39, 0.29) is 0 Å². The third kappa shape index (κ3) is 2.98. The average Bonchev–Trinajstić information content (AvgIpc) is 2.28. The Kier molecular flexibility index (Phi) is 4.24. The topological polar surface area (TPSA) is 12.0 Å². The minimum atomic E-state index is 0.722. The van der Waals surface area contributed by atoms with Crippen LogP contribution < -0.4 is 5.32 Å². The third-order valence-corrected chi connectivity index (χ3v) is 3.80. The maximum absolute atomic E-state index is 3.63. The van der Waals surface area contributed by atoms with Gasteiger partial charge in [0.1, 0.15) is 0 Å². The van der Waals surface area contributed by atoms with Crippen molar-refractivity contribution in [2.45, 2.75) is 53.0 Å². The molecule has 1 aliphatic heterocycles. The van der Waals surface area contributed by atoms with Gasteiger partial charge < -0.3 is 5.32 Å². The first-order valence-corrected chi connectivity index (χ1v) is 5.86. The molecule has 1 saturated heterocycles. The highest BCUT2D eigenvalue weighted by Crippen LogP contribution is 2.29. The Morgan fingerprint density at radius 3 is 2.46 bits per heavy atom. The molecule has 0 bridgehead atoms. The third-order valence-electron chi connectivity index (χ3n) is 3.80. The lowest BCUT2D eigenvalue weighted by Crippen LogP contribution is -2.36. The predicted molar refractivity (Wildman–Crippen MR) is 58.8 cm³/mol. The molecule has 3 atom stereocenters. The van der Waals surface area contributed by atoms with Crippen molar-refractivity contribution >= 4 is 0 Å². The van der Waals surface area contributed by atoms with Gasteiger partial charge in [0, 0.05) is 6.04 Å². The minimum absolute atomic E-state index is 0.722. The van der Waals surface area contributed by atoms with Crippen LogP contribution in [-0.2, 0) is 0 Å². The van der Waals surface area contributed by atoms with Gasteiger partial charge in [-0.2, -0.15) is 0 Å². The van der Waals surface area contributed by atoms with Gasteiger partial charge in [0.05, 0.1) is 0 Å². The highest BCUT2D eigenvalue weighted by molar-refractivity contribution is 4.80. The summed E-state index contributed by atoms with van der Waals surface area (Å²) in [5, 5.41) is 3.63. The largest absolute Gasteiger partial charge is 0.314 e. The van der Waals surface area contributed by atoms with E-state index in [9.17, 15) is 0 Å². The lowest BCUT2D eigenvalue weighted by atomic mass is 9.79. The van der Waals surface area contributed by atoms with E-state index in [0.717, 1.165) is 23.8 Å². The van der Waals surface area contributed by atoms with Crippen LogP contribution in [0.15, 0.2) is 0 Å². The van der Waals surface area contributed by atoms with Crippen molar-refractivity contribution in [3.8, 4) is 0 Å². The molecule has 0 aromatic carbocycles. The van der Waals surface area contributed by atoms with Gasteiger partial charge in [0.2, 0.25) is 0 Å². The maximum atomic E-state index is 3.63. The van der Waals surface area contributed by atoms with Crippen molar-refractivity contribution in [2.24, 2.45) is 17.8 Å². The van der Waals surface area contributed by atoms with Crippen LogP contribution in [-0.4, -0.2) is 12.6 Å². The van der Waals surface area contributed by atoms with Gasteiger partial charge in [-0.15, -0.1) is 0 Å². The molecule has 1 unspecified atom stereocenters. The molecule has 0 aliphatic carbocycles. The maximum Gasteiger partial charge on any atom is 0.00696 e. The molecule has 1 N–H and O–H groups in total. The second-order valence-electron chi connectivity index (χ2n) is 5.01. The van der Waals surface area contributed by atoms with Gasteiger partial charge in [-0.05, 0) is 44.1 Å². The Balaban J connectivity index is 2.53. The number of rotatable bonds is 2. The zero-order valence-corrected chi connectivity index (χ0v) is 9.64. The molecule has 13 heavy (non-hydrogen) atoms. The normalized spacial score (nSPS) is 33.0. The molecule has 1 heterocycles. The van der Waals surface area contributed by atoms with Crippen LogP contribution in [0, 0.1) is 17.8 Å². The molecule has 1 fully saturated rings. The summed E-state index contributed by atoms with van der Waals surface area (Å²) in [5.74, 6) is 2.58. The molecule has 1 rings (SSSR count). The summed E-state index contributed by atoms with van der Waals surface area (Å²) < 4.78 is 0. The SMILES string of the molecule is CC(C)C(C)[C@H]1CCCCN[C@@H]1C. The Hall–Kier alpha value is -0.0400. The van der Waals surface area contributed by atoms with E-state index in [1.54, 1.807) is 0 Å². The van der Waals surface area contributed by atoms with Crippen molar-refractivity contribution in [1.29, 1.82) is 0 Å². The van der Waals surface area contributed by atoms with Gasteiger partial charge in [-0.25, -0.2) is 0 Å². The first kappa shape index (κ1) is 11.0. The molecular formula is C12H25N. The first-order valence-electron chi connectivity index (χ1n) is 5.86.